The molecule has 1 aromatic heterocycles. The van der Waals surface area contributed by atoms with E-state index in [-0.39, 0.29) is 11.4 Å². The number of rotatable bonds is 5. The Balaban J connectivity index is 2.15. The monoisotopic (exact) mass is 355 g/mol. The van der Waals surface area contributed by atoms with Crippen molar-refractivity contribution >= 4 is 27.7 Å². The Morgan fingerprint density at radius 1 is 1.57 bits per heavy atom. The van der Waals surface area contributed by atoms with Crippen molar-refractivity contribution in [2.45, 2.75) is 38.6 Å². The summed E-state index contributed by atoms with van der Waals surface area (Å²) >= 11 is 3.38. The fourth-order valence-electron chi connectivity index (χ4n) is 2.37. The number of amides is 1. The van der Waals surface area contributed by atoms with Gasteiger partial charge in [0.15, 0.2) is 0 Å². The van der Waals surface area contributed by atoms with E-state index in [9.17, 15) is 4.79 Å². The Morgan fingerprint density at radius 2 is 2.38 bits per heavy atom. The van der Waals surface area contributed by atoms with Crippen LogP contribution in [0.3, 0.4) is 0 Å². The van der Waals surface area contributed by atoms with E-state index in [1.165, 1.54) is 0 Å². The Morgan fingerprint density at radius 3 is 3.05 bits per heavy atom. The predicted molar refractivity (Wildman–Crippen MR) is 86.6 cm³/mol. The van der Waals surface area contributed by atoms with Crippen LogP contribution in [0, 0.1) is 0 Å². The summed E-state index contributed by atoms with van der Waals surface area (Å²) in [5, 5.41) is 6.29. The molecule has 2 heterocycles. The summed E-state index contributed by atoms with van der Waals surface area (Å²) in [6, 6.07) is 1.80. The molecule has 0 aromatic carbocycles. The first-order valence-electron chi connectivity index (χ1n) is 7.34. The highest BCUT2D eigenvalue weighted by Crippen LogP contribution is 2.22. The van der Waals surface area contributed by atoms with Crippen molar-refractivity contribution in [1.29, 1.82) is 0 Å². The second-order valence-electron chi connectivity index (χ2n) is 5.65. The number of ether oxygens (including phenoxy) is 1. The van der Waals surface area contributed by atoms with Crippen LogP contribution in [0.4, 0.5) is 5.82 Å². The van der Waals surface area contributed by atoms with Gasteiger partial charge in [-0.1, -0.05) is 6.92 Å². The fourth-order valence-corrected chi connectivity index (χ4v) is 2.70. The minimum absolute atomic E-state index is 0.115. The molecule has 2 rings (SSSR count). The average Bonchev–Trinajstić information content (AvgIpc) is 2.46. The van der Waals surface area contributed by atoms with E-state index in [0.29, 0.717) is 18.0 Å². The normalized spacial score (nSPS) is 21.9. The Kier molecular flexibility index (Phi) is 5.58. The third-order valence-electron chi connectivity index (χ3n) is 3.49. The van der Waals surface area contributed by atoms with Crippen LogP contribution < -0.4 is 10.6 Å². The van der Waals surface area contributed by atoms with Crippen LogP contribution in [0.1, 0.15) is 43.5 Å². The minimum atomic E-state index is -0.306. The van der Waals surface area contributed by atoms with Crippen molar-refractivity contribution < 1.29 is 9.53 Å². The van der Waals surface area contributed by atoms with Crippen molar-refractivity contribution in [2.24, 2.45) is 0 Å². The molecule has 1 atom stereocenters. The molecule has 0 radical (unpaired) electrons. The molecule has 1 unspecified atom stereocenters. The smallest absolute Gasteiger partial charge is 0.255 e. The molecule has 21 heavy (non-hydrogen) atoms. The first-order valence-corrected chi connectivity index (χ1v) is 8.13. The van der Waals surface area contributed by atoms with Crippen molar-refractivity contribution in [3.63, 3.8) is 0 Å². The lowest BCUT2D eigenvalue weighted by Gasteiger charge is -2.34. The summed E-state index contributed by atoms with van der Waals surface area (Å²) in [7, 11) is 0. The molecule has 1 aromatic rings. The lowest BCUT2D eigenvalue weighted by Crippen LogP contribution is -2.51. The Hall–Kier alpha value is -1.14. The van der Waals surface area contributed by atoms with Crippen LogP contribution >= 0.6 is 15.9 Å². The number of nitrogens with one attached hydrogen (secondary N) is 2. The number of hydrogen-bond donors (Lipinski definition) is 2. The fraction of sp³-hybridized carbons (Fsp3) is 0.600. The van der Waals surface area contributed by atoms with Gasteiger partial charge in [-0.3, -0.25) is 4.79 Å². The second-order valence-corrected chi connectivity index (χ2v) is 6.56. The Labute approximate surface area is 134 Å². The van der Waals surface area contributed by atoms with E-state index >= 15 is 0 Å². The molecule has 0 aliphatic carbocycles. The summed E-state index contributed by atoms with van der Waals surface area (Å²) in [5.74, 6) is 0.508. The van der Waals surface area contributed by atoms with Crippen molar-refractivity contribution in [3.05, 3.63) is 22.3 Å². The molecule has 1 saturated heterocycles. The highest BCUT2D eigenvalue weighted by atomic mass is 79.9. The summed E-state index contributed by atoms with van der Waals surface area (Å²) in [5.41, 5.74) is 0.254. The molecule has 1 amide bonds. The first kappa shape index (κ1) is 16.2. The molecule has 1 aliphatic heterocycles. The number of nitrogens with zero attached hydrogens (tertiary/aromatic N) is 1. The highest BCUT2D eigenvalue weighted by Gasteiger charge is 2.30. The zero-order chi connectivity index (χ0) is 15.3. The second kappa shape index (κ2) is 7.22. The molecule has 116 valence electrons. The topological polar surface area (TPSA) is 63.2 Å². The van der Waals surface area contributed by atoms with E-state index in [2.05, 4.69) is 38.5 Å². The van der Waals surface area contributed by atoms with Crippen LogP contribution in [-0.2, 0) is 4.74 Å². The average molecular weight is 356 g/mol. The molecular formula is C15H22BrN3O2. The van der Waals surface area contributed by atoms with Crippen LogP contribution in [0.2, 0.25) is 0 Å². The van der Waals surface area contributed by atoms with Gasteiger partial charge in [-0.15, -0.1) is 0 Å². The van der Waals surface area contributed by atoms with Crippen molar-refractivity contribution in [1.82, 2.24) is 10.3 Å². The number of aromatic nitrogens is 1. The molecule has 2 N–H and O–H groups in total. The number of halogens is 1. The quantitative estimate of drug-likeness (QED) is 0.852. The van der Waals surface area contributed by atoms with E-state index in [1.807, 2.05) is 6.92 Å². The third kappa shape index (κ3) is 4.41. The van der Waals surface area contributed by atoms with Crippen LogP contribution in [0.25, 0.3) is 0 Å². The Bertz CT molecular complexity index is 502. The largest absolute Gasteiger partial charge is 0.379 e. The summed E-state index contributed by atoms with van der Waals surface area (Å²) in [6.45, 7) is 6.21. The van der Waals surface area contributed by atoms with Gasteiger partial charge in [0.25, 0.3) is 5.91 Å². The van der Waals surface area contributed by atoms with Gasteiger partial charge in [0.2, 0.25) is 0 Å². The molecule has 6 heteroatoms. The predicted octanol–water partition coefficient (Wildman–Crippen LogP) is 2.96. The number of anilines is 1. The molecule has 1 aliphatic rings. The third-order valence-corrected chi connectivity index (χ3v) is 3.93. The highest BCUT2D eigenvalue weighted by molar-refractivity contribution is 9.10. The molecule has 0 saturated carbocycles. The molecule has 0 spiro atoms. The van der Waals surface area contributed by atoms with Gasteiger partial charge < -0.3 is 15.4 Å². The zero-order valence-corrected chi connectivity index (χ0v) is 14.1. The standard InChI is InChI=1S/C15H22BrN3O2/c1-3-6-17-13-12(8-11(16)9-18-13)14(20)19-15(2)5-4-7-21-10-15/h8-9H,3-7,10H2,1-2H3,(H,17,18)(H,19,20). The van der Waals surface area contributed by atoms with Gasteiger partial charge in [-0.25, -0.2) is 4.98 Å². The van der Waals surface area contributed by atoms with Crippen LogP contribution in [0.15, 0.2) is 16.7 Å². The number of carbonyl (C=O) groups excluding carboxylic acids is 1. The van der Waals surface area contributed by atoms with E-state index in [4.69, 9.17) is 4.74 Å². The van der Waals surface area contributed by atoms with Gasteiger partial charge in [0, 0.05) is 23.8 Å². The van der Waals surface area contributed by atoms with Crippen LogP contribution in [-0.4, -0.2) is 36.2 Å². The van der Waals surface area contributed by atoms with Gasteiger partial charge in [0.05, 0.1) is 17.7 Å². The van der Waals surface area contributed by atoms with E-state index < -0.39 is 0 Å². The van der Waals surface area contributed by atoms with E-state index in [1.54, 1.807) is 12.3 Å². The van der Waals surface area contributed by atoms with Gasteiger partial charge >= 0.3 is 0 Å². The van der Waals surface area contributed by atoms with Gasteiger partial charge in [-0.2, -0.15) is 0 Å². The maximum Gasteiger partial charge on any atom is 0.255 e. The molecule has 0 bridgehead atoms. The minimum Gasteiger partial charge on any atom is -0.379 e. The van der Waals surface area contributed by atoms with Crippen molar-refractivity contribution in [2.75, 3.05) is 25.1 Å². The number of hydrogen-bond acceptors (Lipinski definition) is 4. The number of carbonyl (C=O) groups is 1. The van der Waals surface area contributed by atoms with Gasteiger partial charge in [-0.05, 0) is 48.2 Å². The lowest BCUT2D eigenvalue weighted by atomic mass is 9.94. The maximum absolute atomic E-state index is 12.6. The molecular weight excluding hydrogens is 334 g/mol. The molecule has 5 nitrogen and oxygen atoms in total. The maximum atomic E-state index is 12.6. The van der Waals surface area contributed by atoms with Crippen molar-refractivity contribution in [3.8, 4) is 0 Å². The van der Waals surface area contributed by atoms with E-state index in [0.717, 1.165) is 36.9 Å². The first-order chi connectivity index (χ1) is 10.0. The molecule has 1 fully saturated rings. The summed E-state index contributed by atoms with van der Waals surface area (Å²) in [4.78, 5) is 16.9. The lowest BCUT2D eigenvalue weighted by molar-refractivity contribution is 0.0273. The van der Waals surface area contributed by atoms with Gasteiger partial charge in [0.1, 0.15) is 5.82 Å². The summed E-state index contributed by atoms with van der Waals surface area (Å²) < 4.78 is 6.28. The number of pyridine rings is 1. The van der Waals surface area contributed by atoms with Crippen LogP contribution in [0.5, 0.6) is 0 Å². The SMILES string of the molecule is CCCNc1ncc(Br)cc1C(=O)NC1(C)CCCOC1. The zero-order valence-electron chi connectivity index (χ0n) is 12.5. The summed E-state index contributed by atoms with van der Waals surface area (Å²) in [6.07, 6.45) is 4.57.